The number of benzene rings is 2. The van der Waals surface area contributed by atoms with Crippen LogP contribution >= 0.6 is 15.9 Å². The zero-order valence-corrected chi connectivity index (χ0v) is 15.0. The summed E-state index contributed by atoms with van der Waals surface area (Å²) >= 11 is 3.33. The van der Waals surface area contributed by atoms with Crippen LogP contribution < -0.4 is 14.2 Å². The molecular weight excluding hydrogens is 360 g/mol. The number of aryl methyl sites for hydroxylation is 2. The van der Waals surface area contributed by atoms with Gasteiger partial charge in [-0.15, -0.1) is 0 Å². The number of rotatable bonds is 7. The standard InChI is InChI=1S/C18H19BrO4/c1-12-4-5-16(8-13(12)2)22-6-7-23-18-14(11-20)9-15(19)10-17(18)21-3/h4-5,8-11H,6-7H2,1-3H3. The molecular formula is C18H19BrO4. The number of carbonyl (C=O) groups excluding carboxylic acids is 1. The first-order chi connectivity index (χ1) is 11.0. The number of carbonyl (C=O) groups is 1. The maximum atomic E-state index is 11.2. The Kier molecular flexibility index (Phi) is 6.04. The summed E-state index contributed by atoms with van der Waals surface area (Å²) in [5.41, 5.74) is 2.84. The second-order valence-electron chi connectivity index (χ2n) is 5.09. The Labute approximate surface area is 144 Å². The summed E-state index contributed by atoms with van der Waals surface area (Å²) in [6.45, 7) is 4.79. The maximum Gasteiger partial charge on any atom is 0.171 e. The summed E-state index contributed by atoms with van der Waals surface area (Å²) in [4.78, 5) is 11.2. The molecule has 0 saturated heterocycles. The molecule has 0 atom stereocenters. The molecule has 2 aromatic carbocycles. The highest BCUT2D eigenvalue weighted by Crippen LogP contribution is 2.33. The van der Waals surface area contributed by atoms with Crippen LogP contribution in [0.25, 0.3) is 0 Å². The van der Waals surface area contributed by atoms with E-state index in [2.05, 4.69) is 22.9 Å². The molecule has 2 aromatic rings. The monoisotopic (exact) mass is 378 g/mol. The minimum absolute atomic E-state index is 0.311. The van der Waals surface area contributed by atoms with Gasteiger partial charge in [-0.05, 0) is 49.2 Å². The molecule has 0 radical (unpaired) electrons. The third-order valence-corrected chi connectivity index (χ3v) is 3.93. The molecule has 122 valence electrons. The van der Waals surface area contributed by atoms with E-state index in [1.54, 1.807) is 12.1 Å². The van der Waals surface area contributed by atoms with Gasteiger partial charge in [0.15, 0.2) is 17.8 Å². The highest BCUT2D eigenvalue weighted by molar-refractivity contribution is 9.10. The predicted octanol–water partition coefficient (Wildman–Crippen LogP) is 4.34. The van der Waals surface area contributed by atoms with Crippen LogP contribution in [0.2, 0.25) is 0 Å². The van der Waals surface area contributed by atoms with Gasteiger partial charge >= 0.3 is 0 Å². The topological polar surface area (TPSA) is 44.8 Å². The van der Waals surface area contributed by atoms with Crippen molar-refractivity contribution >= 4 is 22.2 Å². The summed E-state index contributed by atoms with van der Waals surface area (Å²) in [6.07, 6.45) is 0.743. The van der Waals surface area contributed by atoms with Gasteiger partial charge in [-0.1, -0.05) is 22.0 Å². The quantitative estimate of drug-likeness (QED) is 0.530. The van der Waals surface area contributed by atoms with Gasteiger partial charge in [0.05, 0.1) is 12.7 Å². The molecule has 0 bridgehead atoms. The van der Waals surface area contributed by atoms with E-state index in [1.165, 1.54) is 18.2 Å². The minimum atomic E-state index is 0.311. The smallest absolute Gasteiger partial charge is 0.171 e. The molecule has 0 aliphatic carbocycles. The zero-order valence-electron chi connectivity index (χ0n) is 13.4. The summed E-state index contributed by atoms with van der Waals surface area (Å²) < 4.78 is 17.4. The number of methoxy groups -OCH3 is 1. The second-order valence-corrected chi connectivity index (χ2v) is 6.00. The molecule has 4 nitrogen and oxygen atoms in total. The first kappa shape index (κ1) is 17.3. The molecule has 0 saturated carbocycles. The van der Waals surface area contributed by atoms with Crippen LogP contribution in [0, 0.1) is 13.8 Å². The third kappa shape index (κ3) is 4.48. The first-order valence-corrected chi connectivity index (χ1v) is 8.00. The van der Waals surface area contributed by atoms with E-state index in [0.717, 1.165) is 16.5 Å². The number of aldehydes is 1. The van der Waals surface area contributed by atoms with Crippen LogP contribution in [-0.4, -0.2) is 26.6 Å². The van der Waals surface area contributed by atoms with E-state index in [1.807, 2.05) is 25.1 Å². The Hall–Kier alpha value is -2.01. The van der Waals surface area contributed by atoms with E-state index >= 15 is 0 Å². The normalized spacial score (nSPS) is 10.3. The van der Waals surface area contributed by atoms with E-state index in [9.17, 15) is 4.79 Å². The van der Waals surface area contributed by atoms with Crippen molar-refractivity contribution < 1.29 is 19.0 Å². The lowest BCUT2D eigenvalue weighted by Crippen LogP contribution is -2.11. The van der Waals surface area contributed by atoms with Crippen LogP contribution in [0.15, 0.2) is 34.8 Å². The number of halogens is 1. The average molecular weight is 379 g/mol. The van der Waals surface area contributed by atoms with Gasteiger partial charge in [0, 0.05) is 4.47 Å². The van der Waals surface area contributed by atoms with Gasteiger partial charge in [-0.25, -0.2) is 0 Å². The largest absolute Gasteiger partial charge is 0.493 e. The molecule has 0 unspecified atom stereocenters. The van der Waals surface area contributed by atoms with Crippen LogP contribution in [0.4, 0.5) is 0 Å². The Morgan fingerprint density at radius 3 is 2.43 bits per heavy atom. The van der Waals surface area contributed by atoms with Crippen molar-refractivity contribution in [3.05, 3.63) is 51.5 Å². The molecule has 0 amide bonds. The van der Waals surface area contributed by atoms with Gasteiger partial charge in [0.1, 0.15) is 19.0 Å². The number of hydrogen-bond donors (Lipinski definition) is 0. The fraction of sp³-hybridized carbons (Fsp3) is 0.278. The van der Waals surface area contributed by atoms with Gasteiger partial charge in [0.25, 0.3) is 0 Å². The lowest BCUT2D eigenvalue weighted by molar-refractivity contribution is 0.111. The van der Waals surface area contributed by atoms with Gasteiger partial charge < -0.3 is 14.2 Å². The molecule has 0 aromatic heterocycles. The minimum Gasteiger partial charge on any atom is -0.493 e. The molecule has 5 heteroatoms. The predicted molar refractivity (Wildman–Crippen MR) is 93.0 cm³/mol. The molecule has 0 aliphatic rings. The van der Waals surface area contributed by atoms with Crippen molar-refractivity contribution in [1.29, 1.82) is 0 Å². The summed E-state index contributed by atoms with van der Waals surface area (Å²) in [7, 11) is 1.54. The van der Waals surface area contributed by atoms with Crippen molar-refractivity contribution in [2.24, 2.45) is 0 Å². The van der Waals surface area contributed by atoms with Crippen molar-refractivity contribution in [1.82, 2.24) is 0 Å². The van der Waals surface area contributed by atoms with Crippen LogP contribution in [0.3, 0.4) is 0 Å². The molecule has 0 spiro atoms. The van der Waals surface area contributed by atoms with Crippen molar-refractivity contribution in [2.45, 2.75) is 13.8 Å². The Balaban J connectivity index is 1.98. The fourth-order valence-corrected chi connectivity index (χ4v) is 2.54. The van der Waals surface area contributed by atoms with Gasteiger partial charge in [-0.3, -0.25) is 4.79 Å². The number of hydrogen-bond acceptors (Lipinski definition) is 4. The molecule has 0 fully saturated rings. The van der Waals surface area contributed by atoms with Crippen molar-refractivity contribution in [3.8, 4) is 17.2 Å². The van der Waals surface area contributed by atoms with E-state index < -0.39 is 0 Å². The first-order valence-electron chi connectivity index (χ1n) is 7.20. The van der Waals surface area contributed by atoms with E-state index in [0.29, 0.717) is 30.3 Å². The Bertz CT molecular complexity index is 698. The summed E-state index contributed by atoms with van der Waals surface area (Å²) in [6, 6.07) is 9.39. The van der Waals surface area contributed by atoms with E-state index in [-0.39, 0.29) is 0 Å². The highest BCUT2D eigenvalue weighted by atomic mass is 79.9. The summed E-state index contributed by atoms with van der Waals surface area (Å²) in [5.74, 6) is 1.73. The third-order valence-electron chi connectivity index (χ3n) is 3.47. The molecule has 0 aliphatic heterocycles. The second kappa shape index (κ2) is 8.02. The van der Waals surface area contributed by atoms with Crippen molar-refractivity contribution in [3.63, 3.8) is 0 Å². The molecule has 2 rings (SSSR count). The molecule has 23 heavy (non-hydrogen) atoms. The van der Waals surface area contributed by atoms with Crippen LogP contribution in [-0.2, 0) is 0 Å². The van der Waals surface area contributed by atoms with Crippen molar-refractivity contribution in [2.75, 3.05) is 20.3 Å². The summed E-state index contributed by atoms with van der Waals surface area (Å²) in [5, 5.41) is 0. The Morgan fingerprint density at radius 1 is 1.04 bits per heavy atom. The molecule has 0 heterocycles. The maximum absolute atomic E-state index is 11.2. The fourth-order valence-electron chi connectivity index (χ4n) is 2.09. The van der Waals surface area contributed by atoms with E-state index in [4.69, 9.17) is 14.2 Å². The number of ether oxygens (including phenoxy) is 3. The average Bonchev–Trinajstić information content (AvgIpc) is 2.55. The zero-order chi connectivity index (χ0) is 16.8. The van der Waals surface area contributed by atoms with Gasteiger partial charge in [-0.2, -0.15) is 0 Å². The lowest BCUT2D eigenvalue weighted by Gasteiger charge is -2.14. The van der Waals surface area contributed by atoms with Gasteiger partial charge in [0.2, 0.25) is 0 Å². The highest BCUT2D eigenvalue weighted by Gasteiger charge is 2.12. The van der Waals surface area contributed by atoms with Crippen LogP contribution in [0.5, 0.6) is 17.2 Å². The van der Waals surface area contributed by atoms with Crippen LogP contribution in [0.1, 0.15) is 21.5 Å². The Morgan fingerprint density at radius 2 is 1.78 bits per heavy atom. The SMILES string of the molecule is COc1cc(Br)cc(C=O)c1OCCOc1ccc(C)c(C)c1. The lowest BCUT2D eigenvalue weighted by atomic mass is 10.1. The molecule has 0 N–H and O–H groups in total.